The van der Waals surface area contributed by atoms with E-state index in [0.717, 1.165) is 16.9 Å². The molecule has 0 aliphatic carbocycles. The Bertz CT molecular complexity index is 364. The van der Waals surface area contributed by atoms with Crippen LogP contribution in [0, 0.1) is 0 Å². The van der Waals surface area contributed by atoms with Gasteiger partial charge in [-0.3, -0.25) is 4.79 Å². The van der Waals surface area contributed by atoms with Crippen molar-refractivity contribution < 1.29 is 14.3 Å². The Labute approximate surface area is 100 Å². The second kappa shape index (κ2) is 6.43. The molecule has 0 amide bonds. The predicted molar refractivity (Wildman–Crippen MR) is 65.9 cm³/mol. The van der Waals surface area contributed by atoms with Crippen LogP contribution in [0.15, 0.2) is 17.0 Å². The van der Waals surface area contributed by atoms with E-state index >= 15 is 0 Å². The number of rotatable bonds is 6. The zero-order chi connectivity index (χ0) is 12.0. The van der Waals surface area contributed by atoms with Gasteiger partial charge in [0.05, 0.1) is 18.1 Å². The van der Waals surface area contributed by atoms with Crippen molar-refractivity contribution in [2.45, 2.75) is 18.7 Å². The summed E-state index contributed by atoms with van der Waals surface area (Å²) in [5, 5.41) is 0. The monoisotopic (exact) mass is 240 g/mol. The van der Waals surface area contributed by atoms with Crippen LogP contribution in [-0.4, -0.2) is 25.8 Å². The minimum Gasteiger partial charge on any atom is -0.490 e. The molecule has 88 valence electrons. The van der Waals surface area contributed by atoms with Gasteiger partial charge in [0.2, 0.25) is 0 Å². The van der Waals surface area contributed by atoms with Crippen LogP contribution in [0.1, 0.15) is 24.2 Å². The Morgan fingerprint density at radius 2 is 1.94 bits per heavy atom. The molecular weight excluding hydrogens is 224 g/mol. The number of aldehydes is 1. The zero-order valence-electron chi connectivity index (χ0n) is 9.78. The minimum absolute atomic E-state index is 0.552. The third-order valence-corrected chi connectivity index (χ3v) is 2.73. The molecule has 0 bridgehead atoms. The van der Waals surface area contributed by atoms with Crippen LogP contribution < -0.4 is 9.47 Å². The molecule has 0 aliphatic heterocycles. The summed E-state index contributed by atoms with van der Waals surface area (Å²) in [5.41, 5.74) is 0.608. The first-order valence-electron chi connectivity index (χ1n) is 5.19. The molecule has 0 aliphatic rings. The summed E-state index contributed by atoms with van der Waals surface area (Å²) in [4.78, 5) is 11.7. The van der Waals surface area contributed by atoms with E-state index in [1.807, 2.05) is 26.2 Å². The lowest BCUT2D eigenvalue weighted by Gasteiger charge is -2.14. The van der Waals surface area contributed by atoms with Gasteiger partial charge in [0.15, 0.2) is 11.5 Å². The molecule has 0 N–H and O–H groups in total. The van der Waals surface area contributed by atoms with Crippen molar-refractivity contribution >= 4 is 18.0 Å². The molecule has 0 aromatic heterocycles. The van der Waals surface area contributed by atoms with Crippen LogP contribution >= 0.6 is 11.8 Å². The second-order valence-corrected chi connectivity index (χ2v) is 3.88. The van der Waals surface area contributed by atoms with Gasteiger partial charge in [-0.2, -0.15) is 0 Å². The maximum Gasteiger partial charge on any atom is 0.174 e. The summed E-state index contributed by atoms with van der Waals surface area (Å²) in [6.45, 7) is 4.96. The SMILES string of the molecule is CCOc1cc(C=O)cc(SC)c1OCC. The van der Waals surface area contributed by atoms with Gasteiger partial charge in [0.1, 0.15) is 6.29 Å². The Morgan fingerprint density at radius 3 is 2.44 bits per heavy atom. The molecule has 1 rings (SSSR count). The first kappa shape index (κ1) is 12.9. The summed E-state index contributed by atoms with van der Waals surface area (Å²) in [5.74, 6) is 1.36. The van der Waals surface area contributed by atoms with Crippen molar-refractivity contribution in [3.63, 3.8) is 0 Å². The zero-order valence-corrected chi connectivity index (χ0v) is 10.6. The van der Waals surface area contributed by atoms with E-state index < -0.39 is 0 Å². The maximum atomic E-state index is 10.8. The van der Waals surface area contributed by atoms with Crippen molar-refractivity contribution in [2.75, 3.05) is 19.5 Å². The van der Waals surface area contributed by atoms with Crippen molar-refractivity contribution in [3.05, 3.63) is 17.7 Å². The van der Waals surface area contributed by atoms with Crippen molar-refractivity contribution in [3.8, 4) is 11.5 Å². The molecule has 16 heavy (non-hydrogen) atoms. The highest BCUT2D eigenvalue weighted by Gasteiger charge is 2.12. The van der Waals surface area contributed by atoms with Crippen LogP contribution in [0.5, 0.6) is 11.5 Å². The normalized spacial score (nSPS) is 9.94. The van der Waals surface area contributed by atoms with Crippen LogP contribution in [-0.2, 0) is 0 Å². The highest BCUT2D eigenvalue weighted by Crippen LogP contribution is 2.38. The van der Waals surface area contributed by atoms with Crippen molar-refractivity contribution in [2.24, 2.45) is 0 Å². The Hall–Kier alpha value is -1.16. The Morgan fingerprint density at radius 1 is 1.25 bits per heavy atom. The van der Waals surface area contributed by atoms with Crippen LogP contribution in [0.25, 0.3) is 0 Å². The molecule has 0 unspecified atom stereocenters. The fourth-order valence-corrected chi connectivity index (χ4v) is 1.96. The molecule has 0 heterocycles. The van der Waals surface area contributed by atoms with Crippen molar-refractivity contribution in [1.82, 2.24) is 0 Å². The number of ether oxygens (including phenoxy) is 2. The summed E-state index contributed by atoms with van der Waals surface area (Å²) in [6.07, 6.45) is 2.76. The molecule has 0 atom stereocenters. The van der Waals surface area contributed by atoms with E-state index in [2.05, 4.69) is 0 Å². The quantitative estimate of drug-likeness (QED) is 0.565. The Balaban J connectivity index is 3.22. The van der Waals surface area contributed by atoms with Crippen LogP contribution in [0.4, 0.5) is 0 Å². The fraction of sp³-hybridized carbons (Fsp3) is 0.417. The minimum atomic E-state index is 0.552. The molecule has 0 saturated heterocycles. The molecule has 0 fully saturated rings. The molecule has 0 spiro atoms. The molecule has 0 saturated carbocycles. The average molecular weight is 240 g/mol. The van der Waals surface area contributed by atoms with E-state index in [4.69, 9.17) is 9.47 Å². The van der Waals surface area contributed by atoms with Gasteiger partial charge < -0.3 is 9.47 Å². The molecule has 0 radical (unpaired) electrons. The fourth-order valence-electron chi connectivity index (χ4n) is 1.37. The van der Waals surface area contributed by atoms with E-state index in [9.17, 15) is 4.79 Å². The number of hydrogen-bond donors (Lipinski definition) is 0. The van der Waals surface area contributed by atoms with Crippen molar-refractivity contribution in [1.29, 1.82) is 0 Å². The summed E-state index contributed by atoms with van der Waals surface area (Å²) in [6, 6.07) is 3.52. The van der Waals surface area contributed by atoms with Gasteiger partial charge >= 0.3 is 0 Å². The number of benzene rings is 1. The third kappa shape index (κ3) is 2.92. The smallest absolute Gasteiger partial charge is 0.174 e. The molecule has 3 nitrogen and oxygen atoms in total. The van der Waals surface area contributed by atoms with Gasteiger partial charge in [-0.25, -0.2) is 0 Å². The Kier molecular flexibility index (Phi) is 5.19. The van der Waals surface area contributed by atoms with E-state index in [-0.39, 0.29) is 0 Å². The lowest BCUT2D eigenvalue weighted by atomic mass is 10.2. The average Bonchev–Trinajstić information content (AvgIpc) is 2.31. The van der Waals surface area contributed by atoms with Crippen LogP contribution in [0.2, 0.25) is 0 Å². The molecular formula is C12H16O3S. The molecule has 1 aromatic carbocycles. The van der Waals surface area contributed by atoms with Crippen LogP contribution in [0.3, 0.4) is 0 Å². The number of hydrogen-bond acceptors (Lipinski definition) is 4. The number of carbonyl (C=O) groups excluding carboxylic acids is 1. The second-order valence-electron chi connectivity index (χ2n) is 3.03. The summed E-state index contributed by atoms with van der Waals surface area (Å²) < 4.78 is 11.0. The van der Waals surface area contributed by atoms with Gasteiger partial charge in [0.25, 0.3) is 0 Å². The van der Waals surface area contributed by atoms with Gasteiger partial charge in [0, 0.05) is 5.56 Å². The number of thioether (sulfide) groups is 1. The number of carbonyl (C=O) groups is 1. The standard InChI is InChI=1S/C12H16O3S/c1-4-14-10-6-9(8-13)7-11(16-3)12(10)15-5-2/h6-8H,4-5H2,1-3H3. The van der Waals surface area contributed by atoms with Gasteiger partial charge in [-0.05, 0) is 32.2 Å². The van der Waals surface area contributed by atoms with E-state index in [1.165, 1.54) is 0 Å². The lowest BCUT2D eigenvalue weighted by molar-refractivity contribution is 0.112. The van der Waals surface area contributed by atoms with E-state index in [0.29, 0.717) is 24.5 Å². The van der Waals surface area contributed by atoms with Gasteiger partial charge in [-0.15, -0.1) is 11.8 Å². The first-order valence-corrected chi connectivity index (χ1v) is 6.42. The molecule has 1 aromatic rings. The molecule has 4 heteroatoms. The third-order valence-electron chi connectivity index (χ3n) is 1.99. The largest absolute Gasteiger partial charge is 0.490 e. The highest BCUT2D eigenvalue weighted by molar-refractivity contribution is 7.98. The maximum absolute atomic E-state index is 10.8. The summed E-state index contributed by atoms with van der Waals surface area (Å²) >= 11 is 1.54. The first-order chi connectivity index (χ1) is 7.76. The van der Waals surface area contributed by atoms with E-state index in [1.54, 1.807) is 17.8 Å². The van der Waals surface area contributed by atoms with Gasteiger partial charge in [-0.1, -0.05) is 0 Å². The predicted octanol–water partition coefficient (Wildman–Crippen LogP) is 3.02. The highest BCUT2D eigenvalue weighted by atomic mass is 32.2. The lowest BCUT2D eigenvalue weighted by Crippen LogP contribution is -2.00. The topological polar surface area (TPSA) is 35.5 Å². The summed E-state index contributed by atoms with van der Waals surface area (Å²) in [7, 11) is 0.